The van der Waals surface area contributed by atoms with Crippen molar-refractivity contribution >= 4 is 17.8 Å². The van der Waals surface area contributed by atoms with E-state index in [1.54, 1.807) is 6.92 Å². The number of amides is 2. The van der Waals surface area contributed by atoms with Crippen LogP contribution in [0.4, 0.5) is 0 Å². The van der Waals surface area contributed by atoms with Crippen molar-refractivity contribution in [3.63, 3.8) is 0 Å². The first-order chi connectivity index (χ1) is 9.54. The van der Waals surface area contributed by atoms with E-state index in [0.29, 0.717) is 6.54 Å². The summed E-state index contributed by atoms with van der Waals surface area (Å²) in [7, 11) is 0. The zero-order valence-corrected chi connectivity index (χ0v) is 11.3. The van der Waals surface area contributed by atoms with E-state index in [1.165, 1.54) is 6.92 Å². The zero-order chi connectivity index (χ0) is 15.0. The smallest absolute Gasteiger partial charge is 0.378 e. The molecule has 0 atom stereocenters. The van der Waals surface area contributed by atoms with Gasteiger partial charge in [0.25, 0.3) is 5.82 Å². The summed E-state index contributed by atoms with van der Waals surface area (Å²) < 4.78 is 5.80. The molecule has 0 unspecified atom stereocenters. The molecular formula is C10H16N6O4. The first-order valence-corrected chi connectivity index (χ1v) is 5.99. The molecule has 2 N–H and O–H groups in total. The highest BCUT2D eigenvalue weighted by Crippen LogP contribution is 1.95. The maximum atomic E-state index is 11.6. The summed E-state index contributed by atoms with van der Waals surface area (Å²) in [5, 5.41) is 15.4. The fourth-order valence-corrected chi connectivity index (χ4v) is 1.29. The molecule has 20 heavy (non-hydrogen) atoms. The fraction of sp³-hybridized carbons (Fsp3) is 0.600. The first-order valence-electron chi connectivity index (χ1n) is 5.99. The minimum atomic E-state index is -0.691. The highest BCUT2D eigenvalue weighted by Gasteiger charge is 2.18. The number of rotatable bonds is 7. The Hall–Kier alpha value is -2.52. The third-order valence-corrected chi connectivity index (χ3v) is 2.10. The second-order valence-electron chi connectivity index (χ2n) is 3.71. The third-order valence-electron chi connectivity index (χ3n) is 2.10. The standard InChI is InChI=1S/C10H16N6O4/c1-3-20-10(19)9-13-14-15-16(9)6-8(18)12-5-4-11-7(2)17/h3-6H2,1-2H3,(H,11,17)(H,12,18). The molecule has 0 bridgehead atoms. The molecule has 0 aliphatic rings. The summed E-state index contributed by atoms with van der Waals surface area (Å²) in [4.78, 5) is 33.7. The largest absolute Gasteiger partial charge is 0.460 e. The molecule has 1 aromatic heterocycles. The van der Waals surface area contributed by atoms with Gasteiger partial charge in [-0.15, -0.1) is 5.10 Å². The summed E-state index contributed by atoms with van der Waals surface area (Å²) in [6, 6.07) is 0. The number of hydrogen-bond donors (Lipinski definition) is 2. The number of carbonyl (C=O) groups excluding carboxylic acids is 3. The van der Waals surface area contributed by atoms with E-state index in [2.05, 4.69) is 26.2 Å². The van der Waals surface area contributed by atoms with Crippen LogP contribution in [0.15, 0.2) is 0 Å². The Kier molecular flexibility index (Phi) is 6.07. The Morgan fingerprint density at radius 3 is 2.60 bits per heavy atom. The van der Waals surface area contributed by atoms with Gasteiger partial charge < -0.3 is 15.4 Å². The van der Waals surface area contributed by atoms with Gasteiger partial charge in [0.2, 0.25) is 11.8 Å². The Morgan fingerprint density at radius 2 is 1.95 bits per heavy atom. The number of carbonyl (C=O) groups is 3. The first kappa shape index (κ1) is 15.5. The molecule has 0 saturated heterocycles. The van der Waals surface area contributed by atoms with Crippen LogP contribution in [-0.4, -0.2) is 57.7 Å². The van der Waals surface area contributed by atoms with Crippen molar-refractivity contribution in [2.24, 2.45) is 0 Å². The van der Waals surface area contributed by atoms with Crippen LogP contribution in [-0.2, 0) is 20.9 Å². The van der Waals surface area contributed by atoms with Gasteiger partial charge in [-0.3, -0.25) is 9.59 Å². The molecule has 0 aliphatic heterocycles. The summed E-state index contributed by atoms with van der Waals surface area (Å²) in [6.07, 6.45) is 0. The zero-order valence-electron chi connectivity index (χ0n) is 11.3. The molecule has 0 aromatic carbocycles. The van der Waals surface area contributed by atoms with E-state index in [4.69, 9.17) is 4.74 Å². The van der Waals surface area contributed by atoms with E-state index < -0.39 is 5.97 Å². The van der Waals surface area contributed by atoms with Gasteiger partial charge in [0, 0.05) is 20.0 Å². The average molecular weight is 284 g/mol. The Balaban J connectivity index is 2.44. The molecule has 0 spiro atoms. The van der Waals surface area contributed by atoms with Crippen LogP contribution < -0.4 is 10.6 Å². The lowest BCUT2D eigenvalue weighted by Crippen LogP contribution is -2.36. The lowest BCUT2D eigenvalue weighted by atomic mass is 10.5. The van der Waals surface area contributed by atoms with Crippen LogP contribution in [0.25, 0.3) is 0 Å². The quantitative estimate of drug-likeness (QED) is 0.442. The van der Waals surface area contributed by atoms with Gasteiger partial charge in [-0.1, -0.05) is 0 Å². The molecule has 0 fully saturated rings. The lowest BCUT2D eigenvalue weighted by Gasteiger charge is -2.06. The van der Waals surface area contributed by atoms with Gasteiger partial charge >= 0.3 is 5.97 Å². The number of aromatic nitrogens is 4. The lowest BCUT2D eigenvalue weighted by molar-refractivity contribution is -0.122. The molecule has 10 heteroatoms. The summed E-state index contributed by atoms with van der Waals surface area (Å²) in [6.45, 7) is 3.61. The van der Waals surface area contributed by atoms with Crippen molar-refractivity contribution in [2.75, 3.05) is 19.7 Å². The Bertz CT molecular complexity index is 486. The SMILES string of the molecule is CCOC(=O)c1nnnn1CC(=O)NCCNC(C)=O. The molecule has 2 amide bonds. The van der Waals surface area contributed by atoms with E-state index >= 15 is 0 Å². The fourth-order valence-electron chi connectivity index (χ4n) is 1.29. The minimum Gasteiger partial charge on any atom is -0.460 e. The molecule has 0 aliphatic carbocycles. The Labute approximate surface area is 114 Å². The molecule has 10 nitrogen and oxygen atoms in total. The van der Waals surface area contributed by atoms with Crippen LogP contribution >= 0.6 is 0 Å². The molecule has 110 valence electrons. The highest BCUT2D eigenvalue weighted by molar-refractivity contribution is 5.86. The summed E-state index contributed by atoms with van der Waals surface area (Å²) >= 11 is 0. The van der Waals surface area contributed by atoms with Crippen LogP contribution in [0, 0.1) is 0 Å². The molecular weight excluding hydrogens is 268 g/mol. The second kappa shape index (κ2) is 7.81. The maximum Gasteiger partial charge on any atom is 0.378 e. The second-order valence-corrected chi connectivity index (χ2v) is 3.71. The van der Waals surface area contributed by atoms with E-state index in [-0.39, 0.29) is 37.3 Å². The Morgan fingerprint density at radius 1 is 1.25 bits per heavy atom. The molecule has 1 aromatic rings. The number of hydrogen-bond acceptors (Lipinski definition) is 7. The number of esters is 1. The van der Waals surface area contributed by atoms with Crippen molar-refractivity contribution in [2.45, 2.75) is 20.4 Å². The van der Waals surface area contributed by atoms with Gasteiger partial charge in [0.1, 0.15) is 6.54 Å². The van der Waals surface area contributed by atoms with Gasteiger partial charge in [0.15, 0.2) is 0 Å². The number of nitrogens with zero attached hydrogens (tertiary/aromatic N) is 4. The van der Waals surface area contributed by atoms with Crippen molar-refractivity contribution in [1.29, 1.82) is 0 Å². The van der Waals surface area contributed by atoms with Crippen molar-refractivity contribution in [3.05, 3.63) is 5.82 Å². The van der Waals surface area contributed by atoms with Crippen LogP contribution in [0.1, 0.15) is 24.5 Å². The molecule has 0 saturated carbocycles. The maximum absolute atomic E-state index is 11.6. The van der Waals surface area contributed by atoms with Gasteiger partial charge in [-0.25, -0.2) is 9.48 Å². The third kappa shape index (κ3) is 5.00. The van der Waals surface area contributed by atoms with E-state index in [1.807, 2.05) is 0 Å². The van der Waals surface area contributed by atoms with Crippen LogP contribution in [0.5, 0.6) is 0 Å². The van der Waals surface area contributed by atoms with Gasteiger partial charge in [0.05, 0.1) is 6.61 Å². The van der Waals surface area contributed by atoms with Crippen LogP contribution in [0.2, 0.25) is 0 Å². The average Bonchev–Trinajstić information content (AvgIpc) is 2.83. The van der Waals surface area contributed by atoms with Crippen molar-refractivity contribution < 1.29 is 19.1 Å². The van der Waals surface area contributed by atoms with E-state index in [0.717, 1.165) is 4.68 Å². The van der Waals surface area contributed by atoms with Gasteiger partial charge in [-0.05, 0) is 17.4 Å². The minimum absolute atomic E-state index is 0.135. The van der Waals surface area contributed by atoms with E-state index in [9.17, 15) is 14.4 Å². The summed E-state index contributed by atoms with van der Waals surface area (Å²) in [5.74, 6) is -1.38. The number of tetrazole rings is 1. The van der Waals surface area contributed by atoms with Gasteiger partial charge in [-0.2, -0.15) is 0 Å². The summed E-state index contributed by atoms with van der Waals surface area (Å²) in [5.41, 5.74) is 0. The van der Waals surface area contributed by atoms with Crippen molar-refractivity contribution in [3.8, 4) is 0 Å². The molecule has 1 heterocycles. The van der Waals surface area contributed by atoms with Crippen LogP contribution in [0.3, 0.4) is 0 Å². The monoisotopic (exact) mass is 284 g/mol. The number of nitrogens with one attached hydrogen (secondary N) is 2. The predicted octanol–water partition coefficient (Wildman–Crippen LogP) is -1.90. The topological polar surface area (TPSA) is 128 Å². The highest BCUT2D eigenvalue weighted by atomic mass is 16.5. The normalized spacial score (nSPS) is 9.90. The predicted molar refractivity (Wildman–Crippen MR) is 65.5 cm³/mol. The number of ether oxygens (including phenoxy) is 1. The molecule has 1 rings (SSSR count). The van der Waals surface area contributed by atoms with Crippen molar-refractivity contribution in [1.82, 2.24) is 30.8 Å². The molecule has 0 radical (unpaired) electrons.